The van der Waals surface area contributed by atoms with Crippen LogP contribution in [0, 0.1) is 5.92 Å². The number of ether oxygens (including phenoxy) is 1. The van der Waals surface area contributed by atoms with Gasteiger partial charge in [0.2, 0.25) is 0 Å². The zero-order valence-electron chi connectivity index (χ0n) is 11.6. The standard InChI is InChI=1S/C16H22ClNO2/c17-12-6-7-13-14(4-2-8-20-16(13)9-12)18-10-11-3-1-5-15(11)19/h6-7,9,11,14-15,18-19H,1-5,8,10H2. The molecule has 3 nitrogen and oxygen atoms in total. The van der Waals surface area contributed by atoms with Crippen LogP contribution in [0.4, 0.5) is 0 Å². The van der Waals surface area contributed by atoms with Crippen LogP contribution in [0.5, 0.6) is 5.75 Å². The molecule has 3 atom stereocenters. The van der Waals surface area contributed by atoms with Crippen LogP contribution in [0.2, 0.25) is 5.02 Å². The molecule has 110 valence electrons. The highest BCUT2D eigenvalue weighted by molar-refractivity contribution is 6.30. The third-order valence-corrected chi connectivity index (χ3v) is 4.73. The minimum atomic E-state index is -0.130. The molecule has 1 heterocycles. The molecule has 0 saturated heterocycles. The molecular formula is C16H22ClNO2. The normalized spacial score (nSPS) is 29.6. The molecule has 0 aromatic heterocycles. The summed E-state index contributed by atoms with van der Waals surface area (Å²) in [7, 11) is 0. The maximum atomic E-state index is 9.92. The molecule has 0 amide bonds. The first-order valence-electron chi connectivity index (χ1n) is 7.58. The van der Waals surface area contributed by atoms with Gasteiger partial charge in [0.15, 0.2) is 0 Å². The van der Waals surface area contributed by atoms with Crippen molar-refractivity contribution in [1.29, 1.82) is 0 Å². The summed E-state index contributed by atoms with van der Waals surface area (Å²) in [5, 5.41) is 14.3. The lowest BCUT2D eigenvalue weighted by atomic mass is 10.00. The number of benzene rings is 1. The highest BCUT2D eigenvalue weighted by Gasteiger charge is 2.27. The fourth-order valence-corrected chi connectivity index (χ4v) is 3.47. The Kier molecular flexibility index (Phi) is 4.49. The third kappa shape index (κ3) is 3.11. The number of rotatable bonds is 3. The molecule has 2 aliphatic rings. The molecule has 3 unspecified atom stereocenters. The quantitative estimate of drug-likeness (QED) is 0.899. The van der Waals surface area contributed by atoms with Gasteiger partial charge in [-0.2, -0.15) is 0 Å². The number of aliphatic hydroxyl groups is 1. The van der Waals surface area contributed by atoms with E-state index in [2.05, 4.69) is 11.4 Å². The molecule has 1 aromatic carbocycles. The lowest BCUT2D eigenvalue weighted by Gasteiger charge is -2.22. The Morgan fingerprint density at radius 2 is 2.15 bits per heavy atom. The Labute approximate surface area is 125 Å². The summed E-state index contributed by atoms with van der Waals surface area (Å²) >= 11 is 6.04. The molecule has 0 bridgehead atoms. The predicted octanol–water partition coefficient (Wildman–Crippen LogP) is 3.30. The average Bonchev–Trinajstić information content (AvgIpc) is 2.73. The van der Waals surface area contributed by atoms with E-state index < -0.39 is 0 Å². The first kappa shape index (κ1) is 14.2. The topological polar surface area (TPSA) is 41.5 Å². The Morgan fingerprint density at radius 1 is 1.25 bits per heavy atom. The van der Waals surface area contributed by atoms with Crippen LogP contribution in [0.3, 0.4) is 0 Å². The predicted molar refractivity (Wildman–Crippen MR) is 80.3 cm³/mol. The van der Waals surface area contributed by atoms with Gasteiger partial charge in [0.05, 0.1) is 12.7 Å². The Bertz CT molecular complexity index is 466. The van der Waals surface area contributed by atoms with Crippen LogP contribution in [0.25, 0.3) is 0 Å². The molecular weight excluding hydrogens is 274 g/mol. The largest absolute Gasteiger partial charge is 0.493 e. The number of hydrogen-bond donors (Lipinski definition) is 2. The maximum Gasteiger partial charge on any atom is 0.125 e. The van der Waals surface area contributed by atoms with E-state index in [9.17, 15) is 5.11 Å². The van der Waals surface area contributed by atoms with E-state index in [1.165, 1.54) is 5.56 Å². The van der Waals surface area contributed by atoms with Gasteiger partial charge in [-0.25, -0.2) is 0 Å². The molecule has 1 fully saturated rings. The molecule has 1 aliphatic heterocycles. The molecule has 1 aliphatic carbocycles. The lowest BCUT2D eigenvalue weighted by Crippen LogP contribution is -2.30. The van der Waals surface area contributed by atoms with Crippen molar-refractivity contribution < 1.29 is 9.84 Å². The van der Waals surface area contributed by atoms with Crippen LogP contribution in [0.15, 0.2) is 18.2 Å². The van der Waals surface area contributed by atoms with Gasteiger partial charge in [0.1, 0.15) is 5.75 Å². The van der Waals surface area contributed by atoms with Crippen LogP contribution >= 0.6 is 11.6 Å². The van der Waals surface area contributed by atoms with Gasteiger partial charge in [-0.3, -0.25) is 0 Å². The average molecular weight is 296 g/mol. The number of nitrogens with one attached hydrogen (secondary N) is 1. The summed E-state index contributed by atoms with van der Waals surface area (Å²) in [6.07, 6.45) is 5.20. The van der Waals surface area contributed by atoms with E-state index in [1.807, 2.05) is 12.1 Å². The molecule has 4 heteroatoms. The van der Waals surface area contributed by atoms with Crippen molar-refractivity contribution in [3.05, 3.63) is 28.8 Å². The van der Waals surface area contributed by atoms with E-state index in [1.54, 1.807) is 0 Å². The Hall–Kier alpha value is -0.770. The zero-order valence-corrected chi connectivity index (χ0v) is 12.4. The first-order chi connectivity index (χ1) is 9.74. The lowest BCUT2D eigenvalue weighted by molar-refractivity contribution is 0.129. The minimum absolute atomic E-state index is 0.130. The van der Waals surface area contributed by atoms with Gasteiger partial charge < -0.3 is 15.2 Å². The second-order valence-electron chi connectivity index (χ2n) is 5.89. The smallest absolute Gasteiger partial charge is 0.125 e. The fraction of sp³-hybridized carbons (Fsp3) is 0.625. The maximum absolute atomic E-state index is 9.92. The van der Waals surface area contributed by atoms with Crippen molar-refractivity contribution in [2.45, 2.75) is 44.2 Å². The van der Waals surface area contributed by atoms with Gasteiger partial charge in [0, 0.05) is 23.2 Å². The third-order valence-electron chi connectivity index (χ3n) is 4.49. The molecule has 0 radical (unpaired) electrons. The fourth-order valence-electron chi connectivity index (χ4n) is 3.31. The molecule has 2 N–H and O–H groups in total. The number of fused-ring (bicyclic) bond motifs is 1. The van der Waals surface area contributed by atoms with Crippen LogP contribution in [0.1, 0.15) is 43.7 Å². The second kappa shape index (κ2) is 6.33. The summed E-state index contributed by atoms with van der Waals surface area (Å²) < 4.78 is 5.78. The summed E-state index contributed by atoms with van der Waals surface area (Å²) in [6, 6.07) is 6.19. The summed E-state index contributed by atoms with van der Waals surface area (Å²) in [5.74, 6) is 1.30. The van der Waals surface area contributed by atoms with E-state index in [0.717, 1.165) is 56.0 Å². The van der Waals surface area contributed by atoms with Crippen molar-refractivity contribution >= 4 is 11.6 Å². The second-order valence-corrected chi connectivity index (χ2v) is 6.33. The van der Waals surface area contributed by atoms with Crippen molar-refractivity contribution in [2.24, 2.45) is 5.92 Å². The van der Waals surface area contributed by atoms with Gasteiger partial charge >= 0.3 is 0 Å². The minimum Gasteiger partial charge on any atom is -0.493 e. The zero-order chi connectivity index (χ0) is 13.9. The van der Waals surface area contributed by atoms with E-state index >= 15 is 0 Å². The Morgan fingerprint density at radius 3 is 2.95 bits per heavy atom. The first-order valence-corrected chi connectivity index (χ1v) is 7.95. The number of hydrogen-bond acceptors (Lipinski definition) is 3. The Balaban J connectivity index is 1.70. The SMILES string of the molecule is OC1CCCC1CNC1CCCOc2cc(Cl)ccc21. The molecule has 1 saturated carbocycles. The molecule has 0 spiro atoms. The highest BCUT2D eigenvalue weighted by atomic mass is 35.5. The van der Waals surface area contributed by atoms with E-state index in [4.69, 9.17) is 16.3 Å². The summed E-state index contributed by atoms with van der Waals surface area (Å²) in [5.41, 5.74) is 1.19. The summed E-state index contributed by atoms with van der Waals surface area (Å²) in [4.78, 5) is 0. The summed E-state index contributed by atoms with van der Waals surface area (Å²) in [6.45, 7) is 1.63. The monoisotopic (exact) mass is 295 g/mol. The van der Waals surface area contributed by atoms with Crippen LogP contribution < -0.4 is 10.1 Å². The van der Waals surface area contributed by atoms with Gasteiger partial charge in [-0.05, 0) is 43.7 Å². The number of aliphatic hydroxyl groups excluding tert-OH is 1. The van der Waals surface area contributed by atoms with Gasteiger partial charge in [-0.15, -0.1) is 0 Å². The van der Waals surface area contributed by atoms with Gasteiger partial charge in [-0.1, -0.05) is 24.1 Å². The van der Waals surface area contributed by atoms with Crippen LogP contribution in [-0.4, -0.2) is 24.4 Å². The highest BCUT2D eigenvalue weighted by Crippen LogP contribution is 2.34. The molecule has 1 aromatic rings. The molecule has 20 heavy (non-hydrogen) atoms. The van der Waals surface area contributed by atoms with E-state index in [0.29, 0.717) is 12.0 Å². The van der Waals surface area contributed by atoms with Crippen molar-refractivity contribution in [3.8, 4) is 5.75 Å². The van der Waals surface area contributed by atoms with Crippen molar-refractivity contribution in [1.82, 2.24) is 5.32 Å². The molecule has 3 rings (SSSR count). The van der Waals surface area contributed by atoms with Crippen molar-refractivity contribution in [3.63, 3.8) is 0 Å². The van der Waals surface area contributed by atoms with Gasteiger partial charge in [0.25, 0.3) is 0 Å². The number of halogens is 1. The van der Waals surface area contributed by atoms with E-state index in [-0.39, 0.29) is 6.10 Å². The van der Waals surface area contributed by atoms with Crippen molar-refractivity contribution in [2.75, 3.05) is 13.2 Å². The van der Waals surface area contributed by atoms with Crippen LogP contribution in [-0.2, 0) is 0 Å².